The summed E-state index contributed by atoms with van der Waals surface area (Å²) < 4.78 is 0. The van der Waals surface area contributed by atoms with Crippen LogP contribution in [-0.2, 0) is 19.2 Å². The first kappa shape index (κ1) is 21.2. The molecule has 11 heteroatoms. The standard InChI is InChI=1S/C14H24N4O6S/c1-7(19)11(17-10(20)5-15)13(22)18-4-2-3-9(18)12(21)16-8(6-25)14(23)24/h7-9,11,19,25H,2-6,15H2,1H3,(H,16,21)(H,17,20)(H,23,24). The second kappa shape index (κ2) is 9.59. The van der Waals surface area contributed by atoms with Crippen molar-refractivity contribution in [1.29, 1.82) is 0 Å². The number of aliphatic hydroxyl groups is 1. The number of aliphatic hydroxyl groups excluding tert-OH is 1. The second-order valence-corrected chi connectivity index (χ2v) is 6.13. The highest BCUT2D eigenvalue weighted by Gasteiger charge is 2.39. The number of hydrogen-bond donors (Lipinski definition) is 6. The Morgan fingerprint density at radius 1 is 1.32 bits per heavy atom. The van der Waals surface area contributed by atoms with Gasteiger partial charge in [0.25, 0.3) is 0 Å². The molecule has 0 bridgehead atoms. The Bertz CT molecular complexity index is 529. The average molecular weight is 376 g/mol. The number of likely N-dealkylation sites (tertiary alicyclic amines) is 1. The van der Waals surface area contributed by atoms with Gasteiger partial charge in [-0.1, -0.05) is 0 Å². The van der Waals surface area contributed by atoms with Crippen molar-refractivity contribution in [2.75, 3.05) is 18.8 Å². The van der Waals surface area contributed by atoms with E-state index in [4.69, 9.17) is 10.8 Å². The van der Waals surface area contributed by atoms with E-state index in [1.54, 1.807) is 0 Å². The second-order valence-electron chi connectivity index (χ2n) is 5.76. The molecule has 1 heterocycles. The number of carbonyl (C=O) groups is 4. The van der Waals surface area contributed by atoms with Gasteiger partial charge in [0.2, 0.25) is 17.7 Å². The van der Waals surface area contributed by atoms with Crippen LogP contribution in [0, 0.1) is 0 Å². The maximum atomic E-state index is 12.6. The van der Waals surface area contributed by atoms with Crippen LogP contribution in [0.15, 0.2) is 0 Å². The summed E-state index contributed by atoms with van der Waals surface area (Å²) in [4.78, 5) is 48.7. The highest BCUT2D eigenvalue weighted by atomic mass is 32.1. The van der Waals surface area contributed by atoms with Gasteiger partial charge in [0, 0.05) is 12.3 Å². The molecule has 10 nitrogen and oxygen atoms in total. The number of rotatable bonds is 8. The number of nitrogens with two attached hydrogens (primary N) is 1. The van der Waals surface area contributed by atoms with Crippen molar-refractivity contribution in [3.63, 3.8) is 0 Å². The molecule has 1 aliphatic heterocycles. The van der Waals surface area contributed by atoms with E-state index in [1.807, 2.05) is 0 Å². The molecule has 4 unspecified atom stereocenters. The summed E-state index contributed by atoms with van der Waals surface area (Å²) in [5.74, 6) is -3.16. The lowest BCUT2D eigenvalue weighted by Gasteiger charge is -2.30. The van der Waals surface area contributed by atoms with Crippen LogP contribution in [0.5, 0.6) is 0 Å². The summed E-state index contributed by atoms with van der Waals surface area (Å²) in [5.41, 5.74) is 5.20. The Balaban J connectivity index is 2.87. The number of hydrogen-bond acceptors (Lipinski definition) is 7. The van der Waals surface area contributed by atoms with Crippen LogP contribution < -0.4 is 16.4 Å². The monoisotopic (exact) mass is 376 g/mol. The molecule has 6 N–H and O–H groups in total. The lowest BCUT2D eigenvalue weighted by atomic mass is 10.1. The van der Waals surface area contributed by atoms with Gasteiger partial charge in [-0.3, -0.25) is 14.4 Å². The van der Waals surface area contributed by atoms with Crippen molar-refractivity contribution in [2.45, 2.75) is 44.0 Å². The van der Waals surface area contributed by atoms with Crippen molar-refractivity contribution in [2.24, 2.45) is 5.73 Å². The predicted octanol–water partition coefficient (Wildman–Crippen LogP) is -2.70. The Kier molecular flexibility index (Phi) is 8.13. The van der Waals surface area contributed by atoms with Crippen LogP contribution in [-0.4, -0.2) is 81.9 Å². The van der Waals surface area contributed by atoms with E-state index in [-0.39, 0.29) is 18.8 Å². The molecule has 25 heavy (non-hydrogen) atoms. The first-order valence-electron chi connectivity index (χ1n) is 7.84. The SMILES string of the molecule is CC(O)C(NC(=O)CN)C(=O)N1CCCC1C(=O)NC(CS)C(=O)O. The number of nitrogens with zero attached hydrogens (tertiary/aromatic N) is 1. The average Bonchev–Trinajstić information content (AvgIpc) is 3.05. The fraction of sp³-hybridized carbons (Fsp3) is 0.714. The Morgan fingerprint density at radius 3 is 2.44 bits per heavy atom. The molecule has 1 rings (SSSR count). The molecule has 1 aliphatic rings. The number of carboxylic acid groups (broad SMARTS) is 1. The van der Waals surface area contributed by atoms with Crippen LogP contribution in [0.1, 0.15) is 19.8 Å². The van der Waals surface area contributed by atoms with E-state index in [0.29, 0.717) is 12.8 Å². The summed E-state index contributed by atoms with van der Waals surface area (Å²) in [6.45, 7) is 1.26. The van der Waals surface area contributed by atoms with Crippen LogP contribution in [0.25, 0.3) is 0 Å². The van der Waals surface area contributed by atoms with E-state index in [2.05, 4.69) is 23.3 Å². The first-order valence-corrected chi connectivity index (χ1v) is 8.48. The summed E-state index contributed by atoms with van der Waals surface area (Å²) >= 11 is 3.87. The third kappa shape index (κ3) is 5.58. The predicted molar refractivity (Wildman–Crippen MR) is 90.8 cm³/mol. The fourth-order valence-electron chi connectivity index (χ4n) is 2.56. The van der Waals surface area contributed by atoms with Crippen molar-refractivity contribution in [3.8, 4) is 0 Å². The molecule has 0 aromatic rings. The summed E-state index contributed by atoms with van der Waals surface area (Å²) in [6.07, 6.45) is -0.287. The molecule has 0 aromatic carbocycles. The van der Waals surface area contributed by atoms with Crippen LogP contribution in [0.2, 0.25) is 0 Å². The van der Waals surface area contributed by atoms with Gasteiger partial charge in [-0.2, -0.15) is 12.6 Å². The molecule has 4 atom stereocenters. The molecular formula is C14H24N4O6S. The molecule has 0 spiro atoms. The van der Waals surface area contributed by atoms with E-state index < -0.39 is 47.9 Å². The minimum absolute atomic E-state index is 0.0927. The van der Waals surface area contributed by atoms with Crippen LogP contribution in [0.4, 0.5) is 0 Å². The van der Waals surface area contributed by atoms with Gasteiger partial charge in [-0.25, -0.2) is 4.79 Å². The topological polar surface area (TPSA) is 162 Å². The molecule has 142 valence electrons. The van der Waals surface area contributed by atoms with Crippen LogP contribution in [0.3, 0.4) is 0 Å². The van der Waals surface area contributed by atoms with Crippen molar-refractivity contribution < 1.29 is 29.4 Å². The van der Waals surface area contributed by atoms with E-state index >= 15 is 0 Å². The normalized spacial score (nSPS) is 20.5. The third-order valence-electron chi connectivity index (χ3n) is 3.89. The lowest BCUT2D eigenvalue weighted by Crippen LogP contribution is -2.58. The number of aliphatic carboxylic acids is 1. The zero-order chi connectivity index (χ0) is 19.1. The molecule has 0 aromatic heterocycles. The number of nitrogens with one attached hydrogen (secondary N) is 2. The molecule has 0 aliphatic carbocycles. The van der Waals surface area contributed by atoms with Gasteiger partial charge in [0.15, 0.2) is 0 Å². The quantitative estimate of drug-likeness (QED) is 0.251. The number of amides is 3. The molecule has 1 saturated heterocycles. The third-order valence-corrected chi connectivity index (χ3v) is 4.25. The zero-order valence-electron chi connectivity index (χ0n) is 13.8. The van der Waals surface area contributed by atoms with Crippen LogP contribution >= 0.6 is 12.6 Å². The fourth-order valence-corrected chi connectivity index (χ4v) is 2.80. The minimum Gasteiger partial charge on any atom is -0.480 e. The maximum absolute atomic E-state index is 12.6. The molecular weight excluding hydrogens is 352 g/mol. The molecule has 3 amide bonds. The Hall–Kier alpha value is -1.85. The number of carbonyl (C=O) groups excluding carboxylic acids is 3. The van der Waals surface area contributed by atoms with Gasteiger partial charge in [0.05, 0.1) is 12.6 Å². The molecule has 0 saturated carbocycles. The highest BCUT2D eigenvalue weighted by molar-refractivity contribution is 7.80. The van der Waals surface area contributed by atoms with Crippen molar-refractivity contribution in [3.05, 3.63) is 0 Å². The first-order chi connectivity index (χ1) is 11.7. The minimum atomic E-state index is -1.23. The van der Waals surface area contributed by atoms with Gasteiger partial charge in [-0.05, 0) is 19.8 Å². The van der Waals surface area contributed by atoms with Gasteiger partial charge in [0.1, 0.15) is 18.1 Å². The van der Waals surface area contributed by atoms with Gasteiger partial charge in [-0.15, -0.1) is 0 Å². The largest absolute Gasteiger partial charge is 0.480 e. The van der Waals surface area contributed by atoms with Crippen molar-refractivity contribution in [1.82, 2.24) is 15.5 Å². The van der Waals surface area contributed by atoms with Crippen molar-refractivity contribution >= 4 is 36.3 Å². The number of thiol groups is 1. The van der Waals surface area contributed by atoms with E-state index in [9.17, 15) is 24.3 Å². The van der Waals surface area contributed by atoms with Gasteiger partial charge < -0.3 is 31.5 Å². The smallest absolute Gasteiger partial charge is 0.327 e. The Labute approximate surface area is 150 Å². The molecule has 1 fully saturated rings. The number of carboxylic acids is 1. The van der Waals surface area contributed by atoms with E-state index in [0.717, 1.165) is 0 Å². The van der Waals surface area contributed by atoms with Gasteiger partial charge >= 0.3 is 5.97 Å². The zero-order valence-corrected chi connectivity index (χ0v) is 14.7. The summed E-state index contributed by atoms with van der Waals surface area (Å²) in [6, 6.07) is -3.27. The van der Waals surface area contributed by atoms with E-state index in [1.165, 1.54) is 11.8 Å². The summed E-state index contributed by atoms with van der Waals surface area (Å²) in [7, 11) is 0. The highest BCUT2D eigenvalue weighted by Crippen LogP contribution is 2.19. The Morgan fingerprint density at radius 2 is 1.96 bits per heavy atom. The maximum Gasteiger partial charge on any atom is 0.327 e. The summed E-state index contributed by atoms with van der Waals surface area (Å²) in [5, 5.41) is 23.4. The molecule has 0 radical (unpaired) electrons. The lowest BCUT2D eigenvalue weighted by molar-refractivity contribution is -0.145.